The predicted molar refractivity (Wildman–Crippen MR) is 80.0 cm³/mol. The molecule has 2 heteroatoms. The average Bonchev–Trinajstić information content (AvgIpc) is 3.00. The second kappa shape index (κ2) is 3.78. The smallest absolute Gasteiger partial charge is 0.164 e. The number of fused-ring (bicyclic) bond motifs is 3. The van der Waals surface area contributed by atoms with Crippen molar-refractivity contribution in [2.24, 2.45) is 16.7 Å². The zero-order valence-electron chi connectivity index (χ0n) is 12.9. The molecule has 1 heterocycles. The number of hydrogen-bond acceptors (Lipinski definition) is 1. The van der Waals surface area contributed by atoms with Crippen molar-refractivity contribution < 1.29 is 4.79 Å². The number of carbonyl (C=O) groups excluding carboxylic acids is 1. The zero-order chi connectivity index (χ0) is 14.1. The van der Waals surface area contributed by atoms with E-state index >= 15 is 0 Å². The van der Waals surface area contributed by atoms with Crippen LogP contribution in [-0.2, 0) is 6.42 Å². The molecule has 1 aromatic rings. The van der Waals surface area contributed by atoms with Gasteiger partial charge in [0.15, 0.2) is 5.78 Å². The highest BCUT2D eigenvalue weighted by molar-refractivity contribution is 5.98. The van der Waals surface area contributed by atoms with Gasteiger partial charge in [-0.05, 0) is 54.9 Å². The first kappa shape index (κ1) is 12.7. The molecule has 2 nitrogen and oxygen atoms in total. The molecule has 3 atom stereocenters. The number of ketones is 1. The first-order chi connectivity index (χ1) is 9.43. The van der Waals surface area contributed by atoms with Crippen molar-refractivity contribution in [3.05, 3.63) is 23.5 Å². The zero-order valence-corrected chi connectivity index (χ0v) is 12.9. The Morgan fingerprint density at radius 1 is 1.25 bits per heavy atom. The lowest BCUT2D eigenvalue weighted by molar-refractivity contribution is 0.0803. The van der Waals surface area contributed by atoms with Gasteiger partial charge in [-0.3, -0.25) is 4.79 Å². The van der Waals surface area contributed by atoms with Crippen molar-refractivity contribution in [3.8, 4) is 0 Å². The van der Waals surface area contributed by atoms with Gasteiger partial charge in [0.2, 0.25) is 0 Å². The molecule has 0 aromatic carbocycles. The molecule has 1 aromatic heterocycles. The molecule has 4 rings (SSSR count). The molecule has 2 bridgehead atoms. The Hall–Kier alpha value is -1.05. The molecule has 2 fully saturated rings. The van der Waals surface area contributed by atoms with Gasteiger partial charge >= 0.3 is 0 Å². The molecule has 0 aliphatic heterocycles. The maximum absolute atomic E-state index is 12.1. The summed E-state index contributed by atoms with van der Waals surface area (Å²) < 4.78 is 2.51. The molecule has 0 amide bonds. The molecule has 0 saturated heterocycles. The minimum absolute atomic E-state index is 0.358. The van der Waals surface area contributed by atoms with E-state index in [2.05, 4.69) is 37.6 Å². The van der Waals surface area contributed by atoms with E-state index in [1.807, 2.05) is 0 Å². The van der Waals surface area contributed by atoms with Gasteiger partial charge < -0.3 is 4.57 Å². The summed E-state index contributed by atoms with van der Waals surface area (Å²) in [5, 5.41) is 0. The molecule has 3 aliphatic rings. The Labute approximate surface area is 121 Å². The Bertz CT molecular complexity index is 577. The lowest BCUT2D eigenvalue weighted by Gasteiger charge is -2.44. The fourth-order valence-electron chi connectivity index (χ4n) is 5.76. The van der Waals surface area contributed by atoms with Gasteiger partial charge in [0.25, 0.3) is 0 Å². The van der Waals surface area contributed by atoms with Gasteiger partial charge in [0, 0.05) is 29.9 Å². The molecule has 108 valence electrons. The van der Waals surface area contributed by atoms with Crippen LogP contribution in [0.1, 0.15) is 75.0 Å². The van der Waals surface area contributed by atoms with E-state index in [1.165, 1.54) is 25.0 Å². The molecule has 0 spiro atoms. The highest BCUT2D eigenvalue weighted by Gasteiger charge is 2.60. The summed E-state index contributed by atoms with van der Waals surface area (Å²) in [5.74, 6) is 1.21. The first-order valence-electron chi connectivity index (χ1n) is 8.16. The highest BCUT2D eigenvalue weighted by Crippen LogP contribution is 2.68. The van der Waals surface area contributed by atoms with Crippen LogP contribution in [0.15, 0.2) is 12.3 Å². The van der Waals surface area contributed by atoms with Crippen LogP contribution < -0.4 is 0 Å². The standard InChI is InChI=1S/C18H25NO/c1-17(2)12-7-9-18(3,11-12)16(17)19-10-8-13-14(19)5-4-6-15(13)20/h8,10,12,16H,4-7,9,11H2,1-3H3. The summed E-state index contributed by atoms with van der Waals surface area (Å²) in [4.78, 5) is 12.1. The van der Waals surface area contributed by atoms with Crippen LogP contribution in [0.2, 0.25) is 0 Å². The maximum atomic E-state index is 12.1. The van der Waals surface area contributed by atoms with Crippen molar-refractivity contribution in [1.29, 1.82) is 0 Å². The Kier molecular flexibility index (Phi) is 2.39. The quantitative estimate of drug-likeness (QED) is 0.742. The molecular formula is C18H25NO. The molecule has 2 saturated carbocycles. The Morgan fingerprint density at radius 3 is 2.75 bits per heavy atom. The third kappa shape index (κ3) is 1.43. The first-order valence-corrected chi connectivity index (χ1v) is 8.16. The van der Waals surface area contributed by atoms with Crippen molar-refractivity contribution in [2.45, 2.75) is 65.3 Å². The van der Waals surface area contributed by atoms with Crippen LogP contribution in [0, 0.1) is 16.7 Å². The van der Waals surface area contributed by atoms with Gasteiger partial charge in [-0.25, -0.2) is 0 Å². The van der Waals surface area contributed by atoms with Gasteiger partial charge in [0.05, 0.1) is 0 Å². The number of rotatable bonds is 1. The summed E-state index contributed by atoms with van der Waals surface area (Å²) >= 11 is 0. The summed E-state index contributed by atoms with van der Waals surface area (Å²) in [6.45, 7) is 7.37. The largest absolute Gasteiger partial charge is 0.347 e. The average molecular weight is 271 g/mol. The van der Waals surface area contributed by atoms with Crippen LogP contribution in [0.5, 0.6) is 0 Å². The third-order valence-corrected chi connectivity index (χ3v) is 6.61. The van der Waals surface area contributed by atoms with Crippen LogP contribution in [0.4, 0.5) is 0 Å². The normalized spacial score (nSPS) is 38.2. The van der Waals surface area contributed by atoms with E-state index in [0.717, 1.165) is 30.7 Å². The van der Waals surface area contributed by atoms with Gasteiger partial charge in [0.1, 0.15) is 0 Å². The predicted octanol–water partition coefficient (Wildman–Crippen LogP) is 4.39. The second-order valence-corrected chi connectivity index (χ2v) is 8.18. The van der Waals surface area contributed by atoms with Crippen molar-refractivity contribution in [2.75, 3.05) is 0 Å². The molecular weight excluding hydrogens is 246 g/mol. The van der Waals surface area contributed by atoms with Crippen LogP contribution in [-0.4, -0.2) is 10.4 Å². The van der Waals surface area contributed by atoms with Crippen molar-refractivity contribution >= 4 is 5.78 Å². The Balaban J connectivity index is 1.84. The maximum Gasteiger partial charge on any atom is 0.164 e. The topological polar surface area (TPSA) is 22.0 Å². The number of nitrogens with zero attached hydrogens (tertiary/aromatic N) is 1. The van der Waals surface area contributed by atoms with E-state index in [0.29, 0.717) is 22.7 Å². The number of Topliss-reactive ketones (excluding diaryl/α,β-unsaturated/α-hetero) is 1. The number of hydrogen-bond donors (Lipinski definition) is 0. The minimum atomic E-state index is 0.358. The third-order valence-electron chi connectivity index (χ3n) is 6.61. The lowest BCUT2D eigenvalue weighted by atomic mass is 9.68. The second-order valence-electron chi connectivity index (χ2n) is 8.18. The Morgan fingerprint density at radius 2 is 2.05 bits per heavy atom. The summed E-state index contributed by atoms with van der Waals surface area (Å²) in [5.41, 5.74) is 3.13. The monoisotopic (exact) mass is 271 g/mol. The van der Waals surface area contributed by atoms with Gasteiger partial charge in [-0.15, -0.1) is 0 Å². The van der Waals surface area contributed by atoms with E-state index < -0.39 is 0 Å². The summed E-state index contributed by atoms with van der Waals surface area (Å²) in [6.07, 6.45) is 9.18. The SMILES string of the molecule is CC12CCC(C1)C(C)(C)C2n1ccc2c1CCCC2=O. The number of aromatic nitrogens is 1. The van der Waals surface area contributed by atoms with Crippen LogP contribution in [0.25, 0.3) is 0 Å². The van der Waals surface area contributed by atoms with Crippen LogP contribution in [0.3, 0.4) is 0 Å². The van der Waals surface area contributed by atoms with Crippen molar-refractivity contribution in [3.63, 3.8) is 0 Å². The molecule has 0 N–H and O–H groups in total. The summed E-state index contributed by atoms with van der Waals surface area (Å²) in [6, 6.07) is 2.66. The van der Waals surface area contributed by atoms with Crippen molar-refractivity contribution in [1.82, 2.24) is 4.57 Å². The fraction of sp³-hybridized carbons (Fsp3) is 0.722. The number of carbonyl (C=O) groups is 1. The molecule has 3 unspecified atom stereocenters. The van der Waals surface area contributed by atoms with E-state index in [9.17, 15) is 4.79 Å². The van der Waals surface area contributed by atoms with Gasteiger partial charge in [-0.1, -0.05) is 20.8 Å². The fourth-order valence-corrected chi connectivity index (χ4v) is 5.76. The van der Waals surface area contributed by atoms with E-state index in [-0.39, 0.29) is 0 Å². The molecule has 0 radical (unpaired) electrons. The van der Waals surface area contributed by atoms with Gasteiger partial charge in [-0.2, -0.15) is 0 Å². The molecule has 3 aliphatic carbocycles. The van der Waals surface area contributed by atoms with E-state index in [4.69, 9.17) is 0 Å². The summed E-state index contributed by atoms with van der Waals surface area (Å²) in [7, 11) is 0. The van der Waals surface area contributed by atoms with Crippen LogP contribution >= 0.6 is 0 Å². The lowest BCUT2D eigenvalue weighted by Crippen LogP contribution is -2.38. The highest BCUT2D eigenvalue weighted by atomic mass is 16.1. The molecule has 20 heavy (non-hydrogen) atoms. The minimum Gasteiger partial charge on any atom is -0.347 e. The van der Waals surface area contributed by atoms with E-state index in [1.54, 1.807) is 0 Å².